The molecule has 1 fully saturated rings. The fourth-order valence-corrected chi connectivity index (χ4v) is 4.59. The van der Waals surface area contributed by atoms with Crippen molar-refractivity contribution < 1.29 is 18.7 Å². The minimum absolute atomic E-state index is 0.00402. The van der Waals surface area contributed by atoms with E-state index >= 15 is 0 Å². The number of aryl methyl sites for hydroxylation is 1. The number of imidazole rings is 1. The van der Waals surface area contributed by atoms with Crippen LogP contribution in [0.2, 0.25) is 0 Å². The maximum Gasteiger partial charge on any atom is 0.316 e. The van der Waals surface area contributed by atoms with Gasteiger partial charge in [0.15, 0.2) is 10.8 Å². The summed E-state index contributed by atoms with van der Waals surface area (Å²) in [6.45, 7) is 3.60. The van der Waals surface area contributed by atoms with E-state index in [4.69, 9.17) is 14.5 Å². The number of benzene rings is 1. The van der Waals surface area contributed by atoms with Gasteiger partial charge in [0.1, 0.15) is 23.2 Å². The molecule has 8 nitrogen and oxygen atoms in total. The van der Waals surface area contributed by atoms with Crippen LogP contribution in [0.1, 0.15) is 19.8 Å². The Hall–Kier alpha value is -2.40. The Morgan fingerprint density at radius 1 is 1.31 bits per heavy atom. The number of hydrogen-bond acceptors (Lipinski definition) is 8. The molecule has 170 valence electrons. The van der Waals surface area contributed by atoms with Gasteiger partial charge in [-0.1, -0.05) is 11.8 Å². The van der Waals surface area contributed by atoms with Crippen molar-refractivity contribution in [2.45, 2.75) is 31.0 Å². The van der Waals surface area contributed by atoms with Crippen LogP contribution in [0, 0.1) is 5.82 Å². The highest BCUT2D eigenvalue weighted by Gasteiger charge is 2.24. The molecule has 0 bridgehead atoms. The lowest BCUT2D eigenvalue weighted by Gasteiger charge is -2.32. The Bertz CT molecular complexity index is 1120. The van der Waals surface area contributed by atoms with E-state index in [0.29, 0.717) is 34.6 Å². The second-order valence-corrected chi connectivity index (χ2v) is 9.10. The van der Waals surface area contributed by atoms with Gasteiger partial charge < -0.3 is 18.9 Å². The average Bonchev–Trinajstić information content (AvgIpc) is 3.10. The van der Waals surface area contributed by atoms with Crippen LogP contribution in [0.15, 0.2) is 34.0 Å². The van der Waals surface area contributed by atoms with Gasteiger partial charge in [-0.2, -0.15) is 4.98 Å². The first-order valence-electron chi connectivity index (χ1n) is 10.3. The number of fused-ring (bicyclic) bond motifs is 1. The first kappa shape index (κ1) is 22.8. The zero-order valence-electron chi connectivity index (χ0n) is 17.8. The number of esters is 1. The lowest BCUT2D eigenvalue weighted by atomic mass is 10.1. The number of ether oxygens (including phenoxy) is 2. The summed E-state index contributed by atoms with van der Waals surface area (Å²) in [5, 5.41) is 0.687. The van der Waals surface area contributed by atoms with E-state index in [1.54, 1.807) is 19.2 Å². The molecular formula is C21H23BrFN5O3S. The Morgan fingerprint density at radius 2 is 2.09 bits per heavy atom. The van der Waals surface area contributed by atoms with Gasteiger partial charge in [0.05, 0.1) is 23.0 Å². The van der Waals surface area contributed by atoms with Crippen molar-refractivity contribution in [1.29, 1.82) is 0 Å². The van der Waals surface area contributed by atoms with Crippen molar-refractivity contribution in [2.75, 3.05) is 30.3 Å². The highest BCUT2D eigenvalue weighted by Crippen LogP contribution is 2.29. The van der Waals surface area contributed by atoms with Gasteiger partial charge in [-0.15, -0.1) is 0 Å². The second kappa shape index (κ2) is 10.0. The van der Waals surface area contributed by atoms with E-state index in [0.717, 1.165) is 30.4 Å². The number of nitrogens with zero attached hydrogens (tertiary/aromatic N) is 5. The molecule has 3 heterocycles. The van der Waals surface area contributed by atoms with E-state index in [1.165, 1.54) is 23.9 Å². The third-order valence-corrected chi connectivity index (χ3v) is 6.75. The maximum absolute atomic E-state index is 13.5. The molecular weight excluding hydrogens is 501 g/mol. The van der Waals surface area contributed by atoms with Crippen molar-refractivity contribution in [3.63, 3.8) is 0 Å². The summed E-state index contributed by atoms with van der Waals surface area (Å²) in [5.41, 5.74) is 1.39. The molecule has 1 saturated heterocycles. The maximum atomic E-state index is 13.5. The number of anilines is 1. The largest absolute Gasteiger partial charge is 0.489 e. The molecule has 4 rings (SSSR count). The van der Waals surface area contributed by atoms with Crippen LogP contribution in [-0.2, 0) is 16.6 Å². The second-order valence-electron chi connectivity index (χ2n) is 7.30. The number of carbonyl (C=O) groups is 1. The Kier molecular flexibility index (Phi) is 7.14. The molecule has 1 aliphatic heterocycles. The van der Waals surface area contributed by atoms with Gasteiger partial charge in [-0.05, 0) is 35.0 Å². The first-order valence-corrected chi connectivity index (χ1v) is 12.1. The molecule has 1 aromatic carbocycles. The fourth-order valence-electron chi connectivity index (χ4n) is 3.48. The van der Waals surface area contributed by atoms with Gasteiger partial charge in [0.2, 0.25) is 5.95 Å². The Labute approximate surface area is 197 Å². The summed E-state index contributed by atoms with van der Waals surface area (Å²) in [6.07, 6.45) is 3.25. The van der Waals surface area contributed by atoms with Gasteiger partial charge >= 0.3 is 5.97 Å². The van der Waals surface area contributed by atoms with Crippen molar-refractivity contribution >= 4 is 50.8 Å². The standard InChI is InChI=1S/C21H23BrFN5O3S/c1-3-30-18(29)12-32-21-25-16-11-24-20(26-19(16)27(21)2)28-8-6-14(7-9-28)31-17-10-13(23)4-5-15(17)22/h4-5,10-11,14H,3,6-9,12H2,1-2H3. The first-order chi connectivity index (χ1) is 15.4. The molecule has 11 heteroatoms. The highest BCUT2D eigenvalue weighted by molar-refractivity contribution is 9.10. The lowest BCUT2D eigenvalue weighted by molar-refractivity contribution is -0.139. The molecule has 32 heavy (non-hydrogen) atoms. The molecule has 0 saturated carbocycles. The van der Waals surface area contributed by atoms with Crippen molar-refractivity contribution in [2.24, 2.45) is 7.05 Å². The normalized spacial score (nSPS) is 14.7. The fraction of sp³-hybridized carbons (Fsp3) is 0.429. The predicted molar refractivity (Wildman–Crippen MR) is 124 cm³/mol. The van der Waals surface area contributed by atoms with E-state index in [1.807, 2.05) is 11.6 Å². The number of thioether (sulfide) groups is 1. The molecule has 0 N–H and O–H groups in total. The van der Waals surface area contributed by atoms with E-state index in [2.05, 4.69) is 30.8 Å². The van der Waals surface area contributed by atoms with E-state index in [-0.39, 0.29) is 23.6 Å². The minimum Gasteiger partial charge on any atom is -0.489 e. The molecule has 0 spiro atoms. The summed E-state index contributed by atoms with van der Waals surface area (Å²) >= 11 is 4.72. The zero-order valence-corrected chi connectivity index (χ0v) is 20.2. The summed E-state index contributed by atoms with van der Waals surface area (Å²) < 4.78 is 27.1. The van der Waals surface area contributed by atoms with Crippen LogP contribution >= 0.6 is 27.7 Å². The van der Waals surface area contributed by atoms with E-state index < -0.39 is 0 Å². The molecule has 3 aromatic rings. The van der Waals surface area contributed by atoms with Crippen LogP contribution in [0.3, 0.4) is 0 Å². The van der Waals surface area contributed by atoms with Crippen molar-refractivity contribution in [3.8, 4) is 5.75 Å². The monoisotopic (exact) mass is 523 g/mol. The minimum atomic E-state index is -0.321. The van der Waals surface area contributed by atoms with Crippen LogP contribution in [0.5, 0.6) is 5.75 Å². The number of halogens is 2. The molecule has 0 aliphatic carbocycles. The predicted octanol–water partition coefficient (Wildman–Crippen LogP) is 3.97. The van der Waals surface area contributed by atoms with Crippen molar-refractivity contribution in [1.82, 2.24) is 19.5 Å². The van der Waals surface area contributed by atoms with Crippen LogP contribution in [-0.4, -0.2) is 57.0 Å². The highest BCUT2D eigenvalue weighted by atomic mass is 79.9. The summed E-state index contributed by atoms with van der Waals surface area (Å²) in [4.78, 5) is 27.5. The number of carbonyl (C=O) groups excluding carboxylic acids is 1. The zero-order chi connectivity index (χ0) is 22.7. The SMILES string of the molecule is CCOC(=O)CSc1nc2cnc(N3CCC(Oc4cc(F)ccc4Br)CC3)nc2n1C. The Balaban J connectivity index is 1.40. The third kappa shape index (κ3) is 5.15. The molecule has 0 unspecified atom stereocenters. The quantitative estimate of drug-likeness (QED) is 0.339. The average molecular weight is 524 g/mol. The van der Waals surface area contributed by atoms with Crippen LogP contribution < -0.4 is 9.64 Å². The van der Waals surface area contributed by atoms with E-state index in [9.17, 15) is 9.18 Å². The smallest absolute Gasteiger partial charge is 0.316 e. The molecule has 1 aliphatic rings. The van der Waals surface area contributed by atoms with Crippen LogP contribution in [0.4, 0.5) is 10.3 Å². The number of aromatic nitrogens is 4. The summed E-state index contributed by atoms with van der Waals surface area (Å²) in [6, 6.07) is 4.44. The van der Waals surface area contributed by atoms with Gasteiger partial charge in [0, 0.05) is 39.0 Å². The lowest BCUT2D eigenvalue weighted by Crippen LogP contribution is -2.39. The van der Waals surface area contributed by atoms with Crippen LogP contribution in [0.25, 0.3) is 11.2 Å². The van der Waals surface area contributed by atoms with Crippen molar-refractivity contribution in [3.05, 3.63) is 34.7 Å². The molecule has 0 atom stereocenters. The molecule has 0 radical (unpaired) electrons. The number of rotatable bonds is 7. The topological polar surface area (TPSA) is 82.4 Å². The van der Waals surface area contributed by atoms with Gasteiger partial charge in [-0.25, -0.2) is 14.4 Å². The number of piperidine rings is 1. The molecule has 2 aromatic heterocycles. The van der Waals surface area contributed by atoms with Gasteiger partial charge in [-0.3, -0.25) is 4.79 Å². The third-order valence-electron chi connectivity index (χ3n) is 5.09. The Morgan fingerprint density at radius 3 is 2.84 bits per heavy atom. The summed E-state index contributed by atoms with van der Waals surface area (Å²) in [5.74, 6) is 0.752. The summed E-state index contributed by atoms with van der Waals surface area (Å²) in [7, 11) is 1.87. The molecule has 0 amide bonds. The number of hydrogen-bond donors (Lipinski definition) is 0. The van der Waals surface area contributed by atoms with Gasteiger partial charge in [0.25, 0.3) is 0 Å².